The Balaban J connectivity index is 1.87. The molecular weight excluding hydrogens is 246 g/mol. The van der Waals surface area contributed by atoms with Crippen LogP contribution in [0.1, 0.15) is 30.1 Å². The second-order valence-corrected chi connectivity index (χ2v) is 4.51. The third kappa shape index (κ3) is 3.79. The van der Waals surface area contributed by atoms with E-state index in [2.05, 4.69) is 11.4 Å². The van der Waals surface area contributed by atoms with Gasteiger partial charge in [-0.2, -0.15) is 0 Å². The Hall–Kier alpha value is -1.88. The number of carboxylic acid groups (broad SMARTS) is 1. The van der Waals surface area contributed by atoms with Gasteiger partial charge in [-0.15, -0.1) is 0 Å². The molecular formula is C14H17NO4. The van der Waals surface area contributed by atoms with E-state index in [1.807, 2.05) is 18.2 Å². The molecule has 0 radical (unpaired) electrons. The second-order valence-electron chi connectivity index (χ2n) is 4.51. The first-order chi connectivity index (χ1) is 9.16. The average Bonchev–Trinajstić information content (AvgIpc) is 2.42. The van der Waals surface area contributed by atoms with Crippen LogP contribution in [0.25, 0.3) is 0 Å². The number of benzene rings is 1. The number of carbonyl (C=O) groups is 2. The van der Waals surface area contributed by atoms with E-state index in [4.69, 9.17) is 9.84 Å². The molecule has 19 heavy (non-hydrogen) atoms. The maximum atomic E-state index is 11.5. The van der Waals surface area contributed by atoms with Gasteiger partial charge in [0.05, 0.1) is 13.0 Å². The highest BCUT2D eigenvalue weighted by atomic mass is 16.5. The van der Waals surface area contributed by atoms with Crippen molar-refractivity contribution in [2.24, 2.45) is 0 Å². The number of hydrogen-bond donors (Lipinski definition) is 2. The lowest BCUT2D eigenvalue weighted by Gasteiger charge is -2.26. The Bertz CT molecular complexity index is 472. The Kier molecular flexibility index (Phi) is 4.52. The second kappa shape index (κ2) is 6.33. The number of ether oxygens (including phenoxy) is 1. The molecule has 0 bridgehead atoms. The molecule has 1 aromatic rings. The molecule has 1 aromatic carbocycles. The van der Waals surface area contributed by atoms with Crippen molar-refractivity contribution in [1.29, 1.82) is 0 Å². The van der Waals surface area contributed by atoms with Gasteiger partial charge in [0.2, 0.25) is 5.91 Å². The highest BCUT2D eigenvalue weighted by molar-refractivity contribution is 5.80. The van der Waals surface area contributed by atoms with Crippen LogP contribution in [0.3, 0.4) is 0 Å². The monoisotopic (exact) mass is 263 g/mol. The molecule has 2 rings (SSSR count). The molecule has 0 spiro atoms. The van der Waals surface area contributed by atoms with Crippen LogP contribution >= 0.6 is 0 Å². The molecule has 0 saturated heterocycles. The fraction of sp³-hybridized carbons (Fsp3) is 0.429. The maximum Gasteiger partial charge on any atom is 0.303 e. The van der Waals surface area contributed by atoms with Crippen molar-refractivity contribution in [3.63, 3.8) is 0 Å². The Morgan fingerprint density at radius 2 is 2.11 bits per heavy atom. The topological polar surface area (TPSA) is 75.6 Å². The minimum absolute atomic E-state index is 0.00367. The van der Waals surface area contributed by atoms with Crippen LogP contribution in [0, 0.1) is 0 Å². The molecule has 0 aliphatic carbocycles. The molecule has 2 N–H and O–H groups in total. The zero-order chi connectivity index (χ0) is 13.7. The average molecular weight is 263 g/mol. The number of carboxylic acids is 1. The first kappa shape index (κ1) is 13.5. The van der Waals surface area contributed by atoms with Crippen LogP contribution in [-0.4, -0.2) is 30.1 Å². The van der Waals surface area contributed by atoms with Gasteiger partial charge < -0.3 is 15.2 Å². The van der Waals surface area contributed by atoms with Crippen LogP contribution in [0.2, 0.25) is 0 Å². The van der Waals surface area contributed by atoms with Crippen LogP contribution in [0.4, 0.5) is 0 Å². The smallest absolute Gasteiger partial charge is 0.303 e. The van der Waals surface area contributed by atoms with Crippen LogP contribution in [-0.2, 0) is 20.7 Å². The molecule has 0 unspecified atom stereocenters. The van der Waals surface area contributed by atoms with Gasteiger partial charge in [0.25, 0.3) is 0 Å². The summed E-state index contributed by atoms with van der Waals surface area (Å²) in [5.41, 5.74) is 2.35. The summed E-state index contributed by atoms with van der Waals surface area (Å²) < 4.78 is 5.65. The van der Waals surface area contributed by atoms with Gasteiger partial charge >= 0.3 is 5.97 Å². The van der Waals surface area contributed by atoms with E-state index < -0.39 is 5.97 Å². The third-order valence-electron chi connectivity index (χ3n) is 3.14. The molecule has 1 aliphatic heterocycles. The minimum atomic E-state index is -0.964. The van der Waals surface area contributed by atoms with Gasteiger partial charge in [-0.3, -0.25) is 9.59 Å². The fourth-order valence-corrected chi connectivity index (χ4v) is 2.16. The molecule has 1 amide bonds. The van der Waals surface area contributed by atoms with Crippen molar-refractivity contribution < 1.29 is 19.4 Å². The first-order valence-electron chi connectivity index (χ1n) is 6.34. The summed E-state index contributed by atoms with van der Waals surface area (Å²) in [6, 6.07) is 8.01. The maximum absolute atomic E-state index is 11.5. The van der Waals surface area contributed by atoms with Gasteiger partial charge in [0, 0.05) is 13.0 Å². The highest BCUT2D eigenvalue weighted by Crippen LogP contribution is 2.26. The van der Waals surface area contributed by atoms with Crippen LogP contribution < -0.4 is 5.32 Å². The van der Waals surface area contributed by atoms with Crippen molar-refractivity contribution >= 4 is 11.9 Å². The largest absolute Gasteiger partial charge is 0.481 e. The van der Waals surface area contributed by atoms with Crippen molar-refractivity contribution in [3.05, 3.63) is 35.4 Å². The lowest BCUT2D eigenvalue weighted by atomic mass is 9.97. The molecule has 0 aromatic heterocycles. The SMILES string of the molecule is O=C(O)CCC(=O)NC[C@H]1OCCc2ccccc21. The summed E-state index contributed by atoms with van der Waals surface area (Å²) in [5, 5.41) is 11.2. The summed E-state index contributed by atoms with van der Waals surface area (Å²) in [6.45, 7) is 1.03. The van der Waals surface area contributed by atoms with Gasteiger partial charge in [0.1, 0.15) is 6.10 Å². The number of aliphatic carboxylic acids is 1. The molecule has 0 saturated carbocycles. The Morgan fingerprint density at radius 3 is 2.89 bits per heavy atom. The summed E-state index contributed by atoms with van der Waals surface area (Å²) in [5.74, 6) is -1.22. The molecule has 102 valence electrons. The third-order valence-corrected chi connectivity index (χ3v) is 3.14. The standard InChI is InChI=1S/C14H17NO4/c16-13(5-6-14(17)18)15-9-12-11-4-2-1-3-10(11)7-8-19-12/h1-4,12H,5-9H2,(H,15,16)(H,17,18)/t12-/m1/s1. The van der Waals surface area contributed by atoms with E-state index in [1.165, 1.54) is 5.56 Å². The quantitative estimate of drug-likeness (QED) is 0.839. The van der Waals surface area contributed by atoms with Crippen LogP contribution in [0.5, 0.6) is 0 Å². The van der Waals surface area contributed by atoms with Crippen molar-refractivity contribution in [2.45, 2.75) is 25.4 Å². The summed E-state index contributed by atoms with van der Waals surface area (Å²) in [6.07, 6.45) is 0.607. The van der Waals surface area contributed by atoms with E-state index in [-0.39, 0.29) is 24.9 Å². The minimum Gasteiger partial charge on any atom is -0.481 e. The lowest BCUT2D eigenvalue weighted by Crippen LogP contribution is -2.32. The van der Waals surface area contributed by atoms with Crippen molar-refractivity contribution in [3.8, 4) is 0 Å². The number of nitrogens with one attached hydrogen (secondary N) is 1. The Morgan fingerprint density at radius 1 is 1.32 bits per heavy atom. The number of amides is 1. The van der Waals surface area contributed by atoms with E-state index in [0.29, 0.717) is 13.2 Å². The highest BCUT2D eigenvalue weighted by Gasteiger charge is 2.20. The molecule has 1 aliphatic rings. The fourth-order valence-electron chi connectivity index (χ4n) is 2.16. The van der Waals surface area contributed by atoms with Gasteiger partial charge in [-0.25, -0.2) is 0 Å². The molecule has 1 atom stereocenters. The zero-order valence-corrected chi connectivity index (χ0v) is 10.6. The van der Waals surface area contributed by atoms with E-state index in [1.54, 1.807) is 0 Å². The number of carbonyl (C=O) groups excluding carboxylic acids is 1. The number of rotatable bonds is 5. The molecule has 5 nitrogen and oxygen atoms in total. The van der Waals surface area contributed by atoms with Gasteiger partial charge in [0.15, 0.2) is 0 Å². The summed E-state index contributed by atoms with van der Waals surface area (Å²) in [7, 11) is 0. The summed E-state index contributed by atoms with van der Waals surface area (Å²) >= 11 is 0. The van der Waals surface area contributed by atoms with Crippen molar-refractivity contribution in [2.75, 3.05) is 13.2 Å². The molecule has 1 heterocycles. The Labute approximate surface area is 111 Å². The van der Waals surface area contributed by atoms with Crippen molar-refractivity contribution in [1.82, 2.24) is 5.32 Å². The lowest BCUT2D eigenvalue weighted by molar-refractivity contribution is -0.138. The first-order valence-corrected chi connectivity index (χ1v) is 6.34. The predicted molar refractivity (Wildman–Crippen MR) is 68.7 cm³/mol. The van der Waals surface area contributed by atoms with Gasteiger partial charge in [-0.1, -0.05) is 24.3 Å². The normalized spacial score (nSPS) is 17.6. The van der Waals surface area contributed by atoms with E-state index in [0.717, 1.165) is 12.0 Å². The summed E-state index contributed by atoms with van der Waals surface area (Å²) in [4.78, 5) is 21.8. The number of fused-ring (bicyclic) bond motifs is 1. The van der Waals surface area contributed by atoms with E-state index >= 15 is 0 Å². The van der Waals surface area contributed by atoms with E-state index in [9.17, 15) is 9.59 Å². The molecule has 5 heteroatoms. The van der Waals surface area contributed by atoms with Crippen LogP contribution in [0.15, 0.2) is 24.3 Å². The predicted octanol–water partition coefficient (Wildman–Crippen LogP) is 1.28. The molecule has 0 fully saturated rings. The number of hydrogen-bond acceptors (Lipinski definition) is 3. The van der Waals surface area contributed by atoms with Gasteiger partial charge in [-0.05, 0) is 17.5 Å². The zero-order valence-electron chi connectivity index (χ0n) is 10.6.